The molecule has 0 aromatic carbocycles. The summed E-state index contributed by atoms with van der Waals surface area (Å²) in [6, 6.07) is 3.45. The number of aromatic nitrogens is 1. The second kappa shape index (κ2) is 7.76. The van der Waals surface area contributed by atoms with Gasteiger partial charge >= 0.3 is 0 Å². The lowest BCUT2D eigenvalue weighted by Crippen LogP contribution is -2.11. The van der Waals surface area contributed by atoms with Gasteiger partial charge in [-0.25, -0.2) is 0 Å². The van der Waals surface area contributed by atoms with Gasteiger partial charge in [0.05, 0.1) is 18.4 Å². The van der Waals surface area contributed by atoms with Crippen molar-refractivity contribution in [3.8, 4) is 11.8 Å². The molecule has 1 aromatic heterocycles. The molecule has 0 saturated carbocycles. The molecular weight excluding hydrogens is 232 g/mol. The molecule has 0 aliphatic heterocycles. The van der Waals surface area contributed by atoms with Gasteiger partial charge in [-0.05, 0) is 26.3 Å². The van der Waals surface area contributed by atoms with Crippen LogP contribution in [0.25, 0.3) is 0 Å². The van der Waals surface area contributed by atoms with Crippen LogP contribution in [0.1, 0.15) is 27.2 Å². The van der Waals surface area contributed by atoms with Gasteiger partial charge in [0.15, 0.2) is 0 Å². The van der Waals surface area contributed by atoms with Crippen molar-refractivity contribution in [2.45, 2.75) is 33.3 Å². The first-order valence-corrected chi connectivity index (χ1v) is 6.27. The molecule has 0 atom stereocenters. The van der Waals surface area contributed by atoms with E-state index in [1.807, 2.05) is 13.8 Å². The van der Waals surface area contributed by atoms with Crippen molar-refractivity contribution in [1.29, 1.82) is 0 Å². The highest BCUT2D eigenvalue weighted by Gasteiger charge is 2.07. The molecule has 0 unspecified atom stereocenters. The number of nitrogens with two attached hydrogens (primary N) is 1. The summed E-state index contributed by atoms with van der Waals surface area (Å²) >= 11 is 0. The molecule has 5 heteroatoms. The monoisotopic (exact) mass is 254 g/mol. The SMILES string of the molecule is CCCOCCOc1ccc(N)c(OC(C)C)n1. The number of rotatable bonds is 8. The van der Waals surface area contributed by atoms with Crippen LogP contribution in [0.3, 0.4) is 0 Å². The molecule has 102 valence electrons. The first-order valence-electron chi connectivity index (χ1n) is 6.27. The van der Waals surface area contributed by atoms with Crippen molar-refractivity contribution in [1.82, 2.24) is 4.98 Å². The van der Waals surface area contributed by atoms with Gasteiger partial charge in [-0.3, -0.25) is 0 Å². The molecule has 18 heavy (non-hydrogen) atoms. The second-order valence-corrected chi connectivity index (χ2v) is 4.17. The summed E-state index contributed by atoms with van der Waals surface area (Å²) in [5, 5.41) is 0. The molecule has 0 amide bonds. The van der Waals surface area contributed by atoms with E-state index in [4.69, 9.17) is 19.9 Å². The molecule has 0 aliphatic carbocycles. The van der Waals surface area contributed by atoms with Crippen LogP contribution in [0.2, 0.25) is 0 Å². The molecule has 0 radical (unpaired) electrons. The molecule has 0 bridgehead atoms. The third-order valence-corrected chi connectivity index (χ3v) is 2.04. The quantitative estimate of drug-likeness (QED) is 0.721. The molecule has 0 spiro atoms. The second-order valence-electron chi connectivity index (χ2n) is 4.17. The first-order chi connectivity index (χ1) is 8.63. The van der Waals surface area contributed by atoms with E-state index >= 15 is 0 Å². The van der Waals surface area contributed by atoms with E-state index in [-0.39, 0.29) is 6.10 Å². The maximum atomic E-state index is 5.76. The normalized spacial score (nSPS) is 10.7. The van der Waals surface area contributed by atoms with Gasteiger partial charge in [-0.2, -0.15) is 4.98 Å². The van der Waals surface area contributed by atoms with Crippen LogP contribution in [0.4, 0.5) is 5.69 Å². The lowest BCUT2D eigenvalue weighted by molar-refractivity contribution is 0.0985. The van der Waals surface area contributed by atoms with Crippen molar-refractivity contribution in [3.63, 3.8) is 0 Å². The summed E-state index contributed by atoms with van der Waals surface area (Å²) < 4.78 is 16.3. The van der Waals surface area contributed by atoms with Gasteiger partial charge in [0, 0.05) is 12.7 Å². The standard InChI is InChI=1S/C13H22N2O3/c1-4-7-16-8-9-17-12-6-5-11(14)13(15-12)18-10(2)3/h5-6,10H,4,7-9,14H2,1-3H3. The Labute approximate surface area is 108 Å². The minimum Gasteiger partial charge on any atom is -0.475 e. The maximum Gasteiger partial charge on any atom is 0.240 e. The molecule has 0 aliphatic rings. The van der Waals surface area contributed by atoms with E-state index in [9.17, 15) is 0 Å². The Morgan fingerprint density at radius 1 is 1.22 bits per heavy atom. The number of ether oxygens (including phenoxy) is 3. The fourth-order valence-corrected chi connectivity index (χ4v) is 1.28. The fourth-order valence-electron chi connectivity index (χ4n) is 1.28. The summed E-state index contributed by atoms with van der Waals surface area (Å²) in [6.45, 7) is 7.69. The van der Waals surface area contributed by atoms with Gasteiger partial charge in [0.1, 0.15) is 6.61 Å². The van der Waals surface area contributed by atoms with Crippen molar-refractivity contribution in [3.05, 3.63) is 12.1 Å². The Hall–Kier alpha value is -1.49. The zero-order valence-electron chi connectivity index (χ0n) is 11.3. The molecule has 1 heterocycles. The van der Waals surface area contributed by atoms with Crippen LogP contribution in [0.5, 0.6) is 11.8 Å². The fraction of sp³-hybridized carbons (Fsp3) is 0.615. The van der Waals surface area contributed by atoms with E-state index in [0.717, 1.165) is 13.0 Å². The Kier molecular flexibility index (Phi) is 6.28. The minimum absolute atomic E-state index is 0.0305. The van der Waals surface area contributed by atoms with Crippen LogP contribution in [0.15, 0.2) is 12.1 Å². The summed E-state index contributed by atoms with van der Waals surface area (Å²) in [5.74, 6) is 0.914. The van der Waals surface area contributed by atoms with Gasteiger partial charge in [-0.15, -0.1) is 0 Å². The van der Waals surface area contributed by atoms with Crippen LogP contribution in [0, 0.1) is 0 Å². The highest BCUT2D eigenvalue weighted by molar-refractivity contribution is 5.49. The average Bonchev–Trinajstić information content (AvgIpc) is 2.32. The maximum absolute atomic E-state index is 5.76. The minimum atomic E-state index is 0.0305. The largest absolute Gasteiger partial charge is 0.475 e. The highest BCUT2D eigenvalue weighted by Crippen LogP contribution is 2.22. The summed E-state index contributed by atoms with van der Waals surface area (Å²) in [4.78, 5) is 4.21. The highest BCUT2D eigenvalue weighted by atomic mass is 16.5. The Balaban J connectivity index is 2.46. The van der Waals surface area contributed by atoms with Crippen molar-refractivity contribution < 1.29 is 14.2 Å². The molecular formula is C13H22N2O3. The van der Waals surface area contributed by atoms with E-state index in [2.05, 4.69) is 11.9 Å². The number of hydrogen-bond acceptors (Lipinski definition) is 5. The number of nitrogens with zero attached hydrogens (tertiary/aromatic N) is 1. The number of hydrogen-bond donors (Lipinski definition) is 1. The average molecular weight is 254 g/mol. The zero-order valence-corrected chi connectivity index (χ0v) is 11.3. The topological polar surface area (TPSA) is 66.6 Å². The van der Waals surface area contributed by atoms with Crippen LogP contribution in [-0.4, -0.2) is 30.9 Å². The van der Waals surface area contributed by atoms with E-state index < -0.39 is 0 Å². The first kappa shape index (κ1) is 14.6. The van der Waals surface area contributed by atoms with Crippen molar-refractivity contribution in [2.75, 3.05) is 25.6 Å². The molecule has 1 rings (SSSR count). The number of pyridine rings is 1. The van der Waals surface area contributed by atoms with E-state index in [1.165, 1.54) is 0 Å². The summed E-state index contributed by atoms with van der Waals surface area (Å²) in [5.41, 5.74) is 6.28. The summed E-state index contributed by atoms with van der Waals surface area (Å²) in [7, 11) is 0. The van der Waals surface area contributed by atoms with E-state index in [0.29, 0.717) is 30.7 Å². The van der Waals surface area contributed by atoms with Crippen LogP contribution in [-0.2, 0) is 4.74 Å². The van der Waals surface area contributed by atoms with Gasteiger partial charge < -0.3 is 19.9 Å². The number of nitrogen functional groups attached to an aromatic ring is 1. The van der Waals surface area contributed by atoms with Gasteiger partial charge in [0.2, 0.25) is 11.8 Å². The lowest BCUT2D eigenvalue weighted by Gasteiger charge is -2.12. The van der Waals surface area contributed by atoms with Crippen LogP contribution >= 0.6 is 0 Å². The molecule has 5 nitrogen and oxygen atoms in total. The Morgan fingerprint density at radius 3 is 2.67 bits per heavy atom. The van der Waals surface area contributed by atoms with Gasteiger partial charge in [0.25, 0.3) is 0 Å². The van der Waals surface area contributed by atoms with Crippen molar-refractivity contribution in [2.24, 2.45) is 0 Å². The number of anilines is 1. The molecule has 0 fully saturated rings. The molecule has 2 N–H and O–H groups in total. The molecule has 0 saturated heterocycles. The third kappa shape index (κ3) is 5.23. The predicted molar refractivity (Wildman–Crippen MR) is 71.0 cm³/mol. The zero-order chi connectivity index (χ0) is 13.4. The van der Waals surface area contributed by atoms with E-state index in [1.54, 1.807) is 12.1 Å². The van der Waals surface area contributed by atoms with Gasteiger partial charge in [-0.1, -0.05) is 6.92 Å². The lowest BCUT2D eigenvalue weighted by atomic mass is 10.4. The summed E-state index contributed by atoms with van der Waals surface area (Å²) in [6.07, 6.45) is 1.04. The third-order valence-electron chi connectivity index (χ3n) is 2.04. The predicted octanol–water partition coefficient (Wildman–Crippen LogP) is 2.26. The molecule has 1 aromatic rings. The smallest absolute Gasteiger partial charge is 0.240 e. The van der Waals surface area contributed by atoms with Crippen LogP contribution < -0.4 is 15.2 Å². The van der Waals surface area contributed by atoms with Crippen molar-refractivity contribution >= 4 is 5.69 Å². The Bertz CT molecular complexity index is 356. The Morgan fingerprint density at radius 2 is 2.00 bits per heavy atom.